The Hall–Kier alpha value is -0.680. The van der Waals surface area contributed by atoms with Crippen LogP contribution >= 0.6 is 34.8 Å². The van der Waals surface area contributed by atoms with E-state index >= 15 is 0 Å². The summed E-state index contributed by atoms with van der Waals surface area (Å²) in [5.41, 5.74) is 5.59. The third-order valence-corrected chi connectivity index (χ3v) is 4.88. The van der Waals surface area contributed by atoms with Crippen LogP contribution in [0.1, 0.15) is 29.0 Å². The van der Waals surface area contributed by atoms with Gasteiger partial charge >= 0.3 is 6.18 Å². The van der Waals surface area contributed by atoms with Crippen LogP contribution in [0, 0.1) is 0 Å². The van der Waals surface area contributed by atoms with Crippen molar-refractivity contribution in [1.29, 1.82) is 0 Å². The fourth-order valence-corrected chi connectivity index (χ4v) is 3.18. The predicted molar refractivity (Wildman–Crippen MR) is 84.2 cm³/mol. The van der Waals surface area contributed by atoms with Crippen LogP contribution in [-0.2, 0) is 12.6 Å². The molecule has 1 nitrogen and oxygen atoms in total. The lowest BCUT2D eigenvalue weighted by Crippen LogP contribution is -2.15. The Morgan fingerprint density at radius 3 is 2.45 bits per heavy atom. The summed E-state index contributed by atoms with van der Waals surface area (Å²) in [6.45, 7) is 0.353. The first kappa shape index (κ1) is 17.7. The van der Waals surface area contributed by atoms with Crippen molar-refractivity contribution in [2.75, 3.05) is 6.54 Å². The van der Waals surface area contributed by atoms with E-state index in [1.54, 1.807) is 6.08 Å². The van der Waals surface area contributed by atoms with Gasteiger partial charge in [0.05, 0.1) is 15.6 Å². The normalized spacial score (nSPS) is 19.4. The van der Waals surface area contributed by atoms with Gasteiger partial charge < -0.3 is 5.73 Å². The van der Waals surface area contributed by atoms with Crippen molar-refractivity contribution in [3.05, 3.63) is 56.1 Å². The quantitative estimate of drug-likeness (QED) is 0.746. The van der Waals surface area contributed by atoms with Crippen molar-refractivity contribution < 1.29 is 13.2 Å². The molecule has 120 valence electrons. The van der Waals surface area contributed by atoms with Crippen LogP contribution in [0.3, 0.4) is 0 Å². The van der Waals surface area contributed by atoms with E-state index in [9.17, 15) is 13.2 Å². The lowest BCUT2D eigenvalue weighted by molar-refractivity contribution is -0.138. The van der Waals surface area contributed by atoms with Crippen molar-refractivity contribution in [1.82, 2.24) is 0 Å². The molecule has 1 unspecified atom stereocenters. The highest BCUT2D eigenvalue weighted by Crippen LogP contribution is 2.46. The maximum absolute atomic E-state index is 13.3. The molecule has 0 aromatic heterocycles. The molecule has 1 atom stereocenters. The summed E-state index contributed by atoms with van der Waals surface area (Å²) >= 11 is 18.0. The van der Waals surface area contributed by atoms with Crippen molar-refractivity contribution in [3.63, 3.8) is 0 Å². The van der Waals surface area contributed by atoms with Gasteiger partial charge in [-0.05, 0) is 36.6 Å². The second-order valence-corrected chi connectivity index (χ2v) is 6.15. The number of benzene rings is 1. The maximum Gasteiger partial charge on any atom is 0.416 e. The first-order valence-corrected chi connectivity index (χ1v) is 7.70. The first-order chi connectivity index (χ1) is 10.3. The van der Waals surface area contributed by atoms with Crippen molar-refractivity contribution in [3.8, 4) is 0 Å². The molecule has 0 saturated carbocycles. The van der Waals surface area contributed by atoms with E-state index in [0.29, 0.717) is 13.0 Å². The highest BCUT2D eigenvalue weighted by atomic mass is 35.5. The Bertz CT molecular complexity index is 635. The highest BCUT2D eigenvalue weighted by molar-refractivity contribution is 6.48. The molecule has 0 saturated heterocycles. The summed E-state index contributed by atoms with van der Waals surface area (Å²) in [6.07, 6.45) is -2.13. The minimum atomic E-state index is -4.47. The number of hydrogen-bond donors (Lipinski definition) is 1. The number of alkyl halides is 3. The van der Waals surface area contributed by atoms with Gasteiger partial charge in [0, 0.05) is 11.0 Å². The third kappa shape index (κ3) is 3.62. The molecule has 0 amide bonds. The van der Waals surface area contributed by atoms with Crippen LogP contribution in [0.4, 0.5) is 13.2 Å². The summed E-state index contributed by atoms with van der Waals surface area (Å²) in [5, 5.41) is 0.482. The van der Waals surface area contributed by atoms with Gasteiger partial charge in [-0.1, -0.05) is 53.0 Å². The van der Waals surface area contributed by atoms with Gasteiger partial charge in [0.1, 0.15) is 0 Å². The second kappa shape index (κ2) is 6.83. The largest absolute Gasteiger partial charge is 0.416 e. The van der Waals surface area contributed by atoms with E-state index in [1.807, 2.05) is 0 Å². The minimum Gasteiger partial charge on any atom is -0.330 e. The molecule has 0 fully saturated rings. The summed E-state index contributed by atoms with van der Waals surface area (Å²) in [6, 6.07) is 4.00. The molecule has 22 heavy (non-hydrogen) atoms. The summed E-state index contributed by atoms with van der Waals surface area (Å²) in [7, 11) is 0. The predicted octanol–water partition coefficient (Wildman–Crippen LogP) is 5.51. The smallest absolute Gasteiger partial charge is 0.330 e. The van der Waals surface area contributed by atoms with E-state index < -0.39 is 17.7 Å². The number of hydrogen-bond acceptors (Lipinski definition) is 1. The molecule has 0 spiro atoms. The van der Waals surface area contributed by atoms with Gasteiger partial charge in [-0.3, -0.25) is 0 Å². The van der Waals surface area contributed by atoms with Gasteiger partial charge in [-0.2, -0.15) is 13.2 Å². The van der Waals surface area contributed by atoms with Crippen LogP contribution in [0.5, 0.6) is 0 Å². The fraction of sp³-hybridized carbons (Fsp3) is 0.333. The first-order valence-electron chi connectivity index (χ1n) is 6.57. The zero-order valence-corrected chi connectivity index (χ0v) is 13.6. The standard InChI is InChI=1S/C15H13Cl3F3N/c16-12-4-2-9(13(17)14(12)18)10-7-8(5-6-22)1-3-11(10)15(19,20)21/h1,3-4,7,9H,2,5-6,22H2. The average Bonchev–Trinajstić information content (AvgIpc) is 2.44. The Balaban J connectivity index is 2.55. The van der Waals surface area contributed by atoms with Crippen molar-refractivity contribution in [2.24, 2.45) is 5.73 Å². The molecular weight excluding hydrogens is 358 g/mol. The molecule has 7 heteroatoms. The van der Waals surface area contributed by atoms with Crippen molar-refractivity contribution in [2.45, 2.75) is 24.9 Å². The Kier molecular flexibility index (Phi) is 5.49. The van der Waals surface area contributed by atoms with Crippen LogP contribution in [0.2, 0.25) is 0 Å². The molecular formula is C15H13Cl3F3N. The Morgan fingerprint density at radius 2 is 1.86 bits per heavy atom. The molecule has 1 aliphatic rings. The zero-order chi connectivity index (χ0) is 16.5. The molecule has 2 N–H and O–H groups in total. The summed E-state index contributed by atoms with van der Waals surface area (Å²) in [4.78, 5) is 0. The van der Waals surface area contributed by atoms with E-state index in [2.05, 4.69) is 0 Å². The van der Waals surface area contributed by atoms with Gasteiger partial charge in [0.15, 0.2) is 0 Å². The van der Waals surface area contributed by atoms with Crippen LogP contribution in [-0.4, -0.2) is 6.54 Å². The molecule has 0 heterocycles. The monoisotopic (exact) mass is 369 g/mol. The number of rotatable bonds is 3. The SMILES string of the molecule is NCCc1ccc(C(F)(F)F)c(C2CC=C(Cl)C(Cl)=C2Cl)c1. The number of nitrogens with two attached hydrogens (primary N) is 1. The van der Waals surface area contributed by atoms with E-state index in [4.69, 9.17) is 40.5 Å². The topological polar surface area (TPSA) is 26.0 Å². The molecule has 0 bridgehead atoms. The number of allylic oxidation sites excluding steroid dienone is 4. The molecule has 2 rings (SSSR count). The van der Waals surface area contributed by atoms with E-state index in [-0.39, 0.29) is 27.1 Å². The third-order valence-electron chi connectivity index (χ3n) is 3.49. The minimum absolute atomic E-state index is 0.0944. The fourth-order valence-electron chi connectivity index (χ4n) is 2.43. The van der Waals surface area contributed by atoms with Gasteiger partial charge in [-0.15, -0.1) is 0 Å². The van der Waals surface area contributed by atoms with Gasteiger partial charge in [0.25, 0.3) is 0 Å². The molecule has 0 radical (unpaired) electrons. The van der Waals surface area contributed by atoms with Crippen molar-refractivity contribution >= 4 is 34.8 Å². The van der Waals surface area contributed by atoms with Crippen LogP contribution in [0.15, 0.2) is 39.4 Å². The summed E-state index contributed by atoms with van der Waals surface area (Å²) < 4.78 is 39.8. The van der Waals surface area contributed by atoms with Gasteiger partial charge in [0.2, 0.25) is 0 Å². The van der Waals surface area contributed by atoms with Gasteiger partial charge in [-0.25, -0.2) is 0 Å². The zero-order valence-electron chi connectivity index (χ0n) is 11.4. The highest BCUT2D eigenvalue weighted by Gasteiger charge is 2.37. The van der Waals surface area contributed by atoms with Crippen LogP contribution < -0.4 is 5.73 Å². The molecule has 1 aromatic carbocycles. The Labute approximate surface area is 141 Å². The molecule has 1 aromatic rings. The average molecular weight is 371 g/mol. The lowest BCUT2D eigenvalue weighted by Gasteiger charge is -2.24. The molecule has 0 aliphatic heterocycles. The lowest BCUT2D eigenvalue weighted by atomic mass is 9.87. The van der Waals surface area contributed by atoms with E-state index in [0.717, 1.165) is 11.6 Å². The van der Waals surface area contributed by atoms with E-state index in [1.165, 1.54) is 12.1 Å². The molecule has 1 aliphatic carbocycles. The Morgan fingerprint density at radius 1 is 1.18 bits per heavy atom. The second-order valence-electron chi connectivity index (χ2n) is 4.96. The summed E-state index contributed by atoms with van der Waals surface area (Å²) in [5.74, 6) is -0.661. The maximum atomic E-state index is 13.3. The number of halogens is 6. The van der Waals surface area contributed by atoms with Crippen LogP contribution in [0.25, 0.3) is 0 Å².